The van der Waals surface area contributed by atoms with E-state index in [0.29, 0.717) is 18.7 Å². The van der Waals surface area contributed by atoms with Crippen LogP contribution >= 0.6 is 23.4 Å². The third-order valence-corrected chi connectivity index (χ3v) is 6.19. The first-order valence-electron chi connectivity index (χ1n) is 9.41. The molecule has 2 fully saturated rings. The van der Waals surface area contributed by atoms with Gasteiger partial charge in [0.15, 0.2) is 0 Å². The molecule has 0 spiro atoms. The molecule has 3 heterocycles. The summed E-state index contributed by atoms with van der Waals surface area (Å²) < 4.78 is 5.67. The molecule has 3 amide bonds. The fourth-order valence-corrected chi connectivity index (χ4v) is 4.39. The number of thioether (sulfide) groups is 1. The smallest absolute Gasteiger partial charge is 0.294 e. The average molecular weight is 462 g/mol. The van der Waals surface area contributed by atoms with Crippen LogP contribution in [0.15, 0.2) is 39.7 Å². The van der Waals surface area contributed by atoms with E-state index in [-0.39, 0.29) is 39.6 Å². The first-order chi connectivity index (χ1) is 14.8. The normalized spacial score (nSPS) is 17.8. The molecule has 0 atom stereocenters. The molecule has 0 radical (unpaired) electrons. The maximum Gasteiger partial charge on any atom is 0.294 e. The van der Waals surface area contributed by atoms with E-state index in [0.717, 1.165) is 29.5 Å². The number of likely N-dealkylation sites (tertiary alicyclic amines) is 1. The maximum absolute atomic E-state index is 12.6. The van der Waals surface area contributed by atoms with Gasteiger partial charge in [0.05, 0.1) is 14.9 Å². The molecule has 2 aromatic rings. The zero-order valence-electron chi connectivity index (χ0n) is 16.1. The van der Waals surface area contributed by atoms with E-state index in [9.17, 15) is 24.5 Å². The minimum Gasteiger partial charge on any atom is -0.457 e. The van der Waals surface area contributed by atoms with E-state index in [1.165, 1.54) is 24.3 Å². The zero-order chi connectivity index (χ0) is 22.1. The number of furan rings is 1. The van der Waals surface area contributed by atoms with Crippen molar-refractivity contribution in [2.45, 2.75) is 12.8 Å². The topological polar surface area (TPSA) is 114 Å². The summed E-state index contributed by atoms with van der Waals surface area (Å²) in [7, 11) is 0. The summed E-state index contributed by atoms with van der Waals surface area (Å²) in [4.78, 5) is 50.4. The van der Waals surface area contributed by atoms with Crippen LogP contribution in [0.25, 0.3) is 17.4 Å². The summed E-state index contributed by atoms with van der Waals surface area (Å²) in [6, 6.07) is 7.11. The van der Waals surface area contributed by atoms with E-state index in [1.807, 2.05) is 0 Å². The Labute approximate surface area is 185 Å². The zero-order valence-corrected chi connectivity index (χ0v) is 17.6. The lowest BCUT2D eigenvalue weighted by molar-refractivity contribution is -0.384. The number of nitrogens with zero attached hydrogens (tertiary/aromatic N) is 3. The van der Waals surface area contributed by atoms with Crippen LogP contribution in [-0.4, -0.2) is 51.4 Å². The van der Waals surface area contributed by atoms with Gasteiger partial charge in [0.25, 0.3) is 16.8 Å². The Morgan fingerprint density at radius 1 is 1.23 bits per heavy atom. The second-order valence-corrected chi connectivity index (χ2v) is 8.38. The van der Waals surface area contributed by atoms with Gasteiger partial charge in [-0.25, -0.2) is 0 Å². The molecule has 4 rings (SSSR count). The highest BCUT2D eigenvalue weighted by molar-refractivity contribution is 8.18. The summed E-state index contributed by atoms with van der Waals surface area (Å²) >= 11 is 6.86. The van der Waals surface area contributed by atoms with Crippen LogP contribution in [0.3, 0.4) is 0 Å². The van der Waals surface area contributed by atoms with E-state index < -0.39 is 16.1 Å². The van der Waals surface area contributed by atoms with Gasteiger partial charge in [-0.1, -0.05) is 11.6 Å². The summed E-state index contributed by atoms with van der Waals surface area (Å²) in [6.07, 6.45) is 3.24. The van der Waals surface area contributed by atoms with Crippen LogP contribution in [0.1, 0.15) is 18.6 Å². The predicted molar refractivity (Wildman–Crippen MR) is 114 cm³/mol. The van der Waals surface area contributed by atoms with Gasteiger partial charge in [-0.05, 0) is 42.8 Å². The van der Waals surface area contributed by atoms with Crippen LogP contribution in [0.4, 0.5) is 10.5 Å². The largest absolute Gasteiger partial charge is 0.457 e. The lowest BCUT2D eigenvalue weighted by atomic mass is 10.1. The molecular formula is C20H16ClN3O6S. The Bertz CT molecular complexity index is 1120. The van der Waals surface area contributed by atoms with Gasteiger partial charge in [-0.2, -0.15) is 0 Å². The molecule has 1 aromatic heterocycles. The van der Waals surface area contributed by atoms with Crippen molar-refractivity contribution in [2.75, 3.05) is 19.6 Å². The molecular weight excluding hydrogens is 446 g/mol. The highest BCUT2D eigenvalue weighted by Crippen LogP contribution is 2.35. The van der Waals surface area contributed by atoms with Crippen LogP contribution < -0.4 is 0 Å². The lowest BCUT2D eigenvalue weighted by Gasteiger charge is -2.18. The Kier molecular flexibility index (Phi) is 5.84. The molecule has 0 unspecified atom stereocenters. The fraction of sp³-hybridized carbons (Fsp3) is 0.250. The lowest BCUT2D eigenvalue weighted by Crippen LogP contribution is -2.40. The van der Waals surface area contributed by atoms with Gasteiger partial charge in [0.2, 0.25) is 5.91 Å². The highest BCUT2D eigenvalue weighted by Gasteiger charge is 2.37. The number of nitro groups is 1. The fourth-order valence-electron chi connectivity index (χ4n) is 3.36. The van der Waals surface area contributed by atoms with Gasteiger partial charge in [0, 0.05) is 36.9 Å². The number of carbonyl (C=O) groups excluding carboxylic acids is 3. The Morgan fingerprint density at radius 2 is 1.97 bits per heavy atom. The summed E-state index contributed by atoms with van der Waals surface area (Å²) in [5.41, 5.74) is 0.195. The number of nitro benzene ring substituents is 1. The number of hydrogen-bond donors (Lipinski definition) is 0. The molecule has 11 heteroatoms. The molecule has 31 heavy (non-hydrogen) atoms. The van der Waals surface area contributed by atoms with Crippen molar-refractivity contribution in [3.8, 4) is 11.3 Å². The number of rotatable bonds is 5. The van der Waals surface area contributed by atoms with Crippen LogP contribution in [0, 0.1) is 10.1 Å². The van der Waals surface area contributed by atoms with Crippen molar-refractivity contribution in [3.63, 3.8) is 0 Å². The third-order valence-electron chi connectivity index (χ3n) is 4.95. The first kappa shape index (κ1) is 21.1. The Balaban J connectivity index is 1.52. The molecule has 2 aliphatic rings. The van der Waals surface area contributed by atoms with Crippen molar-refractivity contribution < 1.29 is 23.7 Å². The summed E-state index contributed by atoms with van der Waals surface area (Å²) in [5.74, 6) is -0.257. The molecule has 160 valence electrons. The standard InChI is InChI=1S/C20H16ClN3O6S/c21-15-5-3-12(24(28)29)9-14(15)16-6-4-13(30-16)10-17-19(26)23(20(27)31-17)11-18(25)22-7-1-2-8-22/h3-6,9-10H,1-2,7-8,11H2/b17-10+. The van der Waals surface area contributed by atoms with E-state index in [1.54, 1.807) is 17.0 Å². The monoisotopic (exact) mass is 461 g/mol. The van der Waals surface area contributed by atoms with E-state index in [2.05, 4.69) is 0 Å². The third kappa shape index (κ3) is 4.35. The molecule has 0 bridgehead atoms. The van der Waals surface area contributed by atoms with Gasteiger partial charge >= 0.3 is 0 Å². The second-order valence-electron chi connectivity index (χ2n) is 6.98. The average Bonchev–Trinajstić information content (AvgIpc) is 3.47. The summed E-state index contributed by atoms with van der Waals surface area (Å²) in [5, 5.41) is 10.8. The van der Waals surface area contributed by atoms with Gasteiger partial charge < -0.3 is 9.32 Å². The van der Waals surface area contributed by atoms with Crippen LogP contribution in [-0.2, 0) is 9.59 Å². The molecule has 2 aliphatic heterocycles. The number of non-ortho nitro benzene ring substituents is 1. The first-order valence-corrected chi connectivity index (χ1v) is 10.6. The van der Waals surface area contributed by atoms with Gasteiger partial charge in [-0.3, -0.25) is 29.4 Å². The van der Waals surface area contributed by atoms with Crippen molar-refractivity contribution >= 4 is 52.2 Å². The maximum atomic E-state index is 12.6. The quantitative estimate of drug-likeness (QED) is 0.373. The van der Waals surface area contributed by atoms with E-state index in [4.69, 9.17) is 16.0 Å². The molecule has 1 aromatic carbocycles. The van der Waals surface area contributed by atoms with Crippen molar-refractivity contribution in [2.24, 2.45) is 0 Å². The van der Waals surface area contributed by atoms with E-state index >= 15 is 0 Å². The number of amides is 3. The number of imide groups is 1. The van der Waals surface area contributed by atoms with Gasteiger partial charge in [0.1, 0.15) is 18.1 Å². The van der Waals surface area contributed by atoms with Crippen molar-refractivity contribution in [1.82, 2.24) is 9.80 Å². The van der Waals surface area contributed by atoms with Crippen molar-refractivity contribution in [1.29, 1.82) is 0 Å². The van der Waals surface area contributed by atoms with Crippen LogP contribution in [0.2, 0.25) is 5.02 Å². The molecule has 9 nitrogen and oxygen atoms in total. The highest BCUT2D eigenvalue weighted by atomic mass is 35.5. The molecule has 0 aliphatic carbocycles. The second kappa shape index (κ2) is 8.56. The van der Waals surface area contributed by atoms with Crippen molar-refractivity contribution in [3.05, 3.63) is 56.1 Å². The predicted octanol–water partition coefficient (Wildman–Crippen LogP) is 4.17. The van der Waals surface area contributed by atoms with Crippen LogP contribution in [0.5, 0.6) is 0 Å². The summed E-state index contributed by atoms with van der Waals surface area (Å²) in [6.45, 7) is 0.995. The van der Waals surface area contributed by atoms with Gasteiger partial charge in [-0.15, -0.1) is 0 Å². The molecule has 0 saturated carbocycles. The number of halogens is 1. The minimum absolute atomic E-state index is 0.130. The SMILES string of the molecule is O=C(CN1C(=O)S/C(=C/c2ccc(-c3cc([N+](=O)[O-])ccc3Cl)o2)C1=O)N1CCCC1. The Morgan fingerprint density at radius 3 is 2.68 bits per heavy atom. The molecule has 0 N–H and O–H groups in total. The Hall–Kier alpha value is -3.11. The number of benzene rings is 1. The molecule has 2 saturated heterocycles. The minimum atomic E-state index is -0.561. The number of hydrogen-bond acceptors (Lipinski definition) is 7. The number of carbonyl (C=O) groups is 3.